The van der Waals surface area contributed by atoms with E-state index in [1.807, 2.05) is 11.3 Å². The number of benzene rings is 10. The maximum atomic E-state index is 7.18. The van der Waals surface area contributed by atoms with Crippen molar-refractivity contribution < 1.29 is 4.42 Å². The molecular formula is C59H35NOS. The van der Waals surface area contributed by atoms with Gasteiger partial charge in [0.05, 0.1) is 5.41 Å². The number of hydrogen-bond donors (Lipinski definition) is 0. The third-order valence-corrected chi connectivity index (χ3v) is 14.9. The predicted molar refractivity (Wildman–Crippen MR) is 261 cm³/mol. The summed E-state index contributed by atoms with van der Waals surface area (Å²) in [5, 5.41) is 7.20. The zero-order chi connectivity index (χ0) is 40.5. The Morgan fingerprint density at radius 3 is 1.71 bits per heavy atom. The van der Waals surface area contributed by atoms with Crippen LogP contribution in [0.15, 0.2) is 217 Å². The van der Waals surface area contributed by atoms with E-state index in [1.54, 1.807) is 0 Å². The van der Waals surface area contributed by atoms with Gasteiger partial charge in [0.15, 0.2) is 0 Å². The second kappa shape index (κ2) is 12.7. The zero-order valence-corrected chi connectivity index (χ0v) is 34.3. The summed E-state index contributed by atoms with van der Waals surface area (Å²) in [5.41, 5.74) is 17.5. The number of hydrogen-bond acceptors (Lipinski definition) is 3. The average Bonchev–Trinajstić information content (AvgIpc) is 4.06. The van der Waals surface area contributed by atoms with Crippen molar-refractivity contribution in [3.63, 3.8) is 0 Å². The summed E-state index contributed by atoms with van der Waals surface area (Å²) < 4.78 is 9.76. The minimum absolute atomic E-state index is 0.435. The standard InChI is InChI=1S/C59H35NOS/c1-2-16-37(17-3-1)60(38-29-31-44-43-21-8-12-27-52(43)59(53(44)34-38)50-25-10-6-19-41(50)42-20-7-11-26-51(42)59)39-30-32-45-49-33-36-15-4-5-18-40(36)56(57(49)61-54(45)35-39)48-24-14-23-47-46-22-9-13-28-55(46)62-58(47)48/h1-35H. The zero-order valence-electron chi connectivity index (χ0n) is 33.5. The molecule has 3 heteroatoms. The second-order valence-corrected chi connectivity index (χ2v) is 17.8. The van der Waals surface area contributed by atoms with Gasteiger partial charge in [0.25, 0.3) is 0 Å². The molecular weight excluding hydrogens is 771 g/mol. The lowest BCUT2D eigenvalue weighted by atomic mass is 9.70. The SMILES string of the molecule is c1ccc(N(c2ccc3c(c2)C2(c4ccccc4-c4ccccc42)c2ccccc2-3)c2ccc3c(c2)oc2c(-c4cccc5c4sc4ccccc45)c4ccccc4cc23)cc1. The number of nitrogens with zero attached hydrogens (tertiary/aromatic N) is 1. The smallest absolute Gasteiger partial charge is 0.143 e. The molecule has 0 atom stereocenters. The van der Waals surface area contributed by atoms with Crippen LogP contribution < -0.4 is 4.90 Å². The van der Waals surface area contributed by atoms with Crippen molar-refractivity contribution in [1.82, 2.24) is 0 Å². The Kier molecular flexibility index (Phi) is 6.95. The van der Waals surface area contributed by atoms with Crippen molar-refractivity contribution in [2.75, 3.05) is 4.90 Å². The summed E-state index contributed by atoms with van der Waals surface area (Å²) >= 11 is 1.86. The van der Waals surface area contributed by atoms with Gasteiger partial charge < -0.3 is 9.32 Å². The molecule has 0 unspecified atom stereocenters. The van der Waals surface area contributed by atoms with Crippen LogP contribution in [0.25, 0.3) is 86.3 Å². The molecule has 14 rings (SSSR count). The fourth-order valence-electron chi connectivity index (χ4n) is 11.2. The molecule has 0 amide bonds. The van der Waals surface area contributed by atoms with Crippen LogP contribution in [0.3, 0.4) is 0 Å². The van der Waals surface area contributed by atoms with Gasteiger partial charge in [-0.05, 0) is 104 Å². The van der Waals surface area contributed by atoms with E-state index < -0.39 is 5.41 Å². The van der Waals surface area contributed by atoms with Crippen molar-refractivity contribution in [3.05, 3.63) is 235 Å². The van der Waals surface area contributed by atoms with Gasteiger partial charge in [0.2, 0.25) is 0 Å². The lowest BCUT2D eigenvalue weighted by molar-refractivity contribution is 0.670. The van der Waals surface area contributed by atoms with E-state index in [4.69, 9.17) is 4.42 Å². The Morgan fingerprint density at radius 2 is 0.952 bits per heavy atom. The Bertz CT molecular complexity index is 3770. The predicted octanol–water partition coefficient (Wildman–Crippen LogP) is 16.6. The normalized spacial score (nSPS) is 13.3. The van der Waals surface area contributed by atoms with E-state index in [9.17, 15) is 0 Å². The van der Waals surface area contributed by atoms with Crippen LogP contribution in [0.4, 0.5) is 17.1 Å². The number of anilines is 3. The molecule has 2 aliphatic rings. The Morgan fingerprint density at radius 1 is 0.371 bits per heavy atom. The quantitative estimate of drug-likeness (QED) is 0.176. The van der Waals surface area contributed by atoms with E-state index in [2.05, 4.69) is 217 Å². The fraction of sp³-hybridized carbons (Fsp3) is 0.0169. The first-order valence-corrected chi connectivity index (χ1v) is 22.1. The highest BCUT2D eigenvalue weighted by atomic mass is 32.1. The number of rotatable bonds is 4. The van der Waals surface area contributed by atoms with Crippen LogP contribution in [0.5, 0.6) is 0 Å². The van der Waals surface area contributed by atoms with E-state index in [-0.39, 0.29) is 0 Å². The molecule has 12 aromatic rings. The van der Waals surface area contributed by atoms with E-state index >= 15 is 0 Å². The number of furan rings is 1. The van der Waals surface area contributed by atoms with E-state index in [1.165, 1.54) is 81.0 Å². The summed E-state index contributed by atoms with van der Waals surface area (Å²) in [6.45, 7) is 0. The van der Waals surface area contributed by atoms with Crippen LogP contribution in [0.1, 0.15) is 22.3 Å². The average molecular weight is 806 g/mol. The monoisotopic (exact) mass is 805 g/mol. The lowest BCUT2D eigenvalue weighted by Gasteiger charge is -2.32. The van der Waals surface area contributed by atoms with Crippen molar-refractivity contribution >= 4 is 81.3 Å². The first-order valence-electron chi connectivity index (χ1n) is 21.3. The second-order valence-electron chi connectivity index (χ2n) is 16.7. The molecule has 0 radical (unpaired) electrons. The molecule has 0 N–H and O–H groups in total. The maximum Gasteiger partial charge on any atom is 0.143 e. The van der Waals surface area contributed by atoms with Gasteiger partial charge >= 0.3 is 0 Å². The van der Waals surface area contributed by atoms with Crippen LogP contribution >= 0.6 is 11.3 Å². The molecule has 1 spiro atoms. The first kappa shape index (κ1) is 34.0. The Labute approximate surface area is 362 Å². The van der Waals surface area contributed by atoms with E-state index in [0.29, 0.717) is 0 Å². The summed E-state index contributed by atoms with van der Waals surface area (Å²) in [6, 6.07) is 78.2. The first-order chi connectivity index (χ1) is 30.8. The molecule has 2 aromatic heterocycles. The lowest BCUT2D eigenvalue weighted by Crippen LogP contribution is -2.26. The van der Waals surface area contributed by atoms with Crippen molar-refractivity contribution in [1.29, 1.82) is 0 Å². The molecule has 0 fully saturated rings. The van der Waals surface area contributed by atoms with Crippen LogP contribution in [0.2, 0.25) is 0 Å². The summed E-state index contributed by atoms with van der Waals surface area (Å²) in [6.07, 6.45) is 0. The topological polar surface area (TPSA) is 16.4 Å². The van der Waals surface area contributed by atoms with Gasteiger partial charge in [-0.2, -0.15) is 0 Å². The van der Waals surface area contributed by atoms with Crippen molar-refractivity contribution in [2.24, 2.45) is 0 Å². The Balaban J connectivity index is 1.00. The third kappa shape index (κ3) is 4.47. The maximum absolute atomic E-state index is 7.18. The van der Waals surface area contributed by atoms with Crippen molar-refractivity contribution in [3.8, 4) is 33.4 Å². The third-order valence-electron chi connectivity index (χ3n) is 13.7. The number of para-hydroxylation sites is 1. The largest absolute Gasteiger partial charge is 0.455 e. The molecule has 0 bridgehead atoms. The minimum Gasteiger partial charge on any atom is -0.455 e. The molecule has 2 heterocycles. The molecule has 62 heavy (non-hydrogen) atoms. The minimum atomic E-state index is -0.435. The molecule has 2 nitrogen and oxygen atoms in total. The highest BCUT2D eigenvalue weighted by Gasteiger charge is 2.51. The van der Waals surface area contributed by atoms with Crippen LogP contribution in [-0.2, 0) is 5.41 Å². The van der Waals surface area contributed by atoms with Gasteiger partial charge in [-0.1, -0.05) is 158 Å². The molecule has 0 aliphatic heterocycles. The molecule has 288 valence electrons. The Hall–Kier alpha value is -7.72. The highest BCUT2D eigenvalue weighted by molar-refractivity contribution is 7.26. The van der Waals surface area contributed by atoms with Gasteiger partial charge in [0.1, 0.15) is 11.2 Å². The van der Waals surface area contributed by atoms with Gasteiger partial charge in [-0.15, -0.1) is 11.3 Å². The number of thiophene rings is 1. The molecule has 0 saturated heterocycles. The van der Waals surface area contributed by atoms with Gasteiger partial charge in [0, 0.05) is 65.2 Å². The van der Waals surface area contributed by atoms with Gasteiger partial charge in [-0.3, -0.25) is 0 Å². The highest BCUT2D eigenvalue weighted by Crippen LogP contribution is 2.63. The van der Waals surface area contributed by atoms with Gasteiger partial charge in [-0.25, -0.2) is 0 Å². The van der Waals surface area contributed by atoms with Crippen molar-refractivity contribution in [2.45, 2.75) is 5.41 Å². The summed E-state index contributed by atoms with van der Waals surface area (Å²) in [5.74, 6) is 0. The fourth-order valence-corrected chi connectivity index (χ4v) is 12.4. The molecule has 0 saturated carbocycles. The number of fused-ring (bicyclic) bond motifs is 17. The molecule has 10 aromatic carbocycles. The summed E-state index contributed by atoms with van der Waals surface area (Å²) in [7, 11) is 0. The van der Waals surface area contributed by atoms with Crippen LogP contribution in [-0.4, -0.2) is 0 Å². The summed E-state index contributed by atoms with van der Waals surface area (Å²) in [4.78, 5) is 2.39. The molecule has 2 aliphatic carbocycles. The van der Waals surface area contributed by atoms with E-state index in [0.717, 1.165) is 44.6 Å². The van der Waals surface area contributed by atoms with Crippen LogP contribution in [0, 0.1) is 0 Å².